The van der Waals surface area contributed by atoms with Crippen LogP contribution in [0.4, 0.5) is 0 Å². The van der Waals surface area contributed by atoms with Crippen LogP contribution >= 0.6 is 0 Å². The number of hydrogen-bond acceptors (Lipinski definition) is 4. The molecule has 5 heteroatoms. The highest BCUT2D eigenvalue weighted by Gasteiger charge is 2.13. The van der Waals surface area contributed by atoms with E-state index >= 15 is 0 Å². The van der Waals surface area contributed by atoms with Crippen molar-refractivity contribution in [2.24, 2.45) is 0 Å². The average Bonchev–Trinajstić information content (AvgIpc) is 2.38. The second-order valence-corrected chi connectivity index (χ2v) is 4.15. The van der Waals surface area contributed by atoms with Gasteiger partial charge < -0.3 is 24.3 Å². The van der Waals surface area contributed by atoms with Gasteiger partial charge >= 0.3 is 0 Å². The number of ether oxygens (including phenoxy) is 2. The third-order valence-electron chi connectivity index (χ3n) is 2.76. The van der Waals surface area contributed by atoms with E-state index in [0.717, 1.165) is 10.5 Å². The maximum absolute atomic E-state index is 10.7. The minimum Gasteiger partial charge on any atom is -0.544 e. The van der Waals surface area contributed by atoms with Crippen LogP contribution in [0.3, 0.4) is 0 Å². The van der Waals surface area contributed by atoms with Gasteiger partial charge in [0.05, 0.1) is 32.3 Å². The number of rotatable bonds is 8. The van der Waals surface area contributed by atoms with Gasteiger partial charge in [-0.3, -0.25) is 0 Å². The Morgan fingerprint density at radius 3 is 2.68 bits per heavy atom. The van der Waals surface area contributed by atoms with Crippen LogP contribution in [0.2, 0.25) is 0 Å². The molecule has 0 saturated carbocycles. The lowest BCUT2D eigenvalue weighted by molar-refractivity contribution is -0.902. The Hall–Kier alpha value is -2.01. The van der Waals surface area contributed by atoms with E-state index in [1.54, 1.807) is 32.4 Å². The van der Waals surface area contributed by atoms with E-state index in [0.29, 0.717) is 24.6 Å². The Balaban J connectivity index is 2.92. The predicted molar refractivity (Wildman–Crippen MR) is 69.2 cm³/mol. The lowest BCUT2D eigenvalue weighted by atomic mass is 10.1. The molecule has 0 spiro atoms. The van der Waals surface area contributed by atoms with Crippen molar-refractivity contribution >= 4 is 5.97 Å². The van der Waals surface area contributed by atoms with Gasteiger partial charge in [0.15, 0.2) is 0 Å². The summed E-state index contributed by atoms with van der Waals surface area (Å²) >= 11 is 0. The fourth-order valence-corrected chi connectivity index (χ4v) is 1.90. The number of nitrogens with one attached hydrogen (secondary N) is 1. The number of benzene rings is 1. The smallest absolute Gasteiger partial charge is 0.127 e. The summed E-state index contributed by atoms with van der Waals surface area (Å²) < 4.78 is 10.4. The van der Waals surface area contributed by atoms with Gasteiger partial charge in [0, 0.05) is 0 Å². The lowest BCUT2D eigenvalue weighted by Gasteiger charge is -2.20. The van der Waals surface area contributed by atoms with Crippen LogP contribution < -0.4 is 19.5 Å². The molecule has 0 fully saturated rings. The Kier molecular flexibility index (Phi) is 5.89. The molecule has 1 atom stereocenters. The molecule has 0 radical (unpaired) electrons. The quantitative estimate of drug-likeness (QED) is 0.614. The van der Waals surface area contributed by atoms with Crippen LogP contribution in [0.15, 0.2) is 30.9 Å². The summed E-state index contributed by atoms with van der Waals surface area (Å²) in [5.74, 6) is 0.335. The maximum atomic E-state index is 10.7. The maximum Gasteiger partial charge on any atom is 0.127 e. The fourth-order valence-electron chi connectivity index (χ4n) is 1.90. The highest BCUT2D eigenvalue weighted by Crippen LogP contribution is 2.23. The number of carbonyl (C=O) groups excluding carboxylic acids is 1. The molecule has 0 bridgehead atoms. The largest absolute Gasteiger partial charge is 0.544 e. The molecule has 0 aliphatic carbocycles. The Bertz CT molecular complexity index is 445. The van der Waals surface area contributed by atoms with Gasteiger partial charge in [0.1, 0.15) is 24.6 Å². The van der Waals surface area contributed by atoms with E-state index in [9.17, 15) is 9.90 Å². The summed E-state index contributed by atoms with van der Waals surface area (Å²) in [7, 11) is 3.17. The van der Waals surface area contributed by atoms with Crippen LogP contribution in [0, 0.1) is 0 Å². The third kappa shape index (κ3) is 4.63. The number of aliphatic carboxylic acids is 1. The third-order valence-corrected chi connectivity index (χ3v) is 2.76. The van der Waals surface area contributed by atoms with E-state index in [2.05, 4.69) is 6.58 Å². The van der Waals surface area contributed by atoms with Crippen molar-refractivity contribution in [3.8, 4) is 11.5 Å². The summed E-state index contributed by atoms with van der Waals surface area (Å²) in [6.45, 7) is 4.60. The number of carboxylic acids is 1. The first-order valence-corrected chi connectivity index (χ1v) is 5.96. The summed E-state index contributed by atoms with van der Waals surface area (Å²) in [6, 6.07) is 5.45. The zero-order valence-electron chi connectivity index (χ0n) is 11.3. The first kappa shape index (κ1) is 15.0. The average molecular weight is 265 g/mol. The van der Waals surface area contributed by atoms with Gasteiger partial charge in [-0.1, -0.05) is 6.58 Å². The van der Waals surface area contributed by atoms with E-state index in [4.69, 9.17) is 9.47 Å². The molecule has 0 aromatic heterocycles. The standard InChI is InChI=1S/C14H19NO4/c1-4-7-15(10-14(16)17)9-11-8-12(18-2)5-6-13(11)19-3/h4-6,8H,1,7,9-10H2,2-3H3,(H,16,17). The molecule has 0 heterocycles. The molecular formula is C14H19NO4. The van der Waals surface area contributed by atoms with Crippen molar-refractivity contribution in [2.45, 2.75) is 6.54 Å². The van der Waals surface area contributed by atoms with Crippen molar-refractivity contribution in [3.05, 3.63) is 36.4 Å². The minimum absolute atomic E-state index is 0.0770. The van der Waals surface area contributed by atoms with E-state index < -0.39 is 5.97 Å². The topological polar surface area (TPSA) is 63.0 Å². The molecule has 0 aliphatic rings. The van der Waals surface area contributed by atoms with Crippen molar-refractivity contribution < 1.29 is 24.3 Å². The highest BCUT2D eigenvalue weighted by molar-refractivity contribution is 5.65. The Morgan fingerprint density at radius 1 is 1.42 bits per heavy atom. The zero-order chi connectivity index (χ0) is 14.3. The zero-order valence-corrected chi connectivity index (χ0v) is 11.3. The van der Waals surface area contributed by atoms with Crippen LogP contribution in [-0.4, -0.2) is 33.3 Å². The molecule has 1 rings (SSSR count). The Labute approximate surface area is 113 Å². The lowest BCUT2D eigenvalue weighted by Crippen LogP contribution is -3.11. The van der Waals surface area contributed by atoms with E-state index in [1.165, 1.54) is 0 Å². The second kappa shape index (κ2) is 7.43. The molecule has 0 aliphatic heterocycles. The molecule has 1 aromatic rings. The van der Waals surface area contributed by atoms with Gasteiger partial charge in [0.2, 0.25) is 0 Å². The minimum atomic E-state index is -1.08. The molecular weight excluding hydrogens is 246 g/mol. The monoisotopic (exact) mass is 265 g/mol. The predicted octanol–water partition coefficient (Wildman–Crippen LogP) is -0.975. The first-order chi connectivity index (χ1) is 9.10. The molecule has 1 unspecified atom stereocenters. The van der Waals surface area contributed by atoms with Gasteiger partial charge in [-0.25, -0.2) is 0 Å². The van der Waals surface area contributed by atoms with E-state index in [1.807, 2.05) is 6.07 Å². The molecule has 104 valence electrons. The number of methoxy groups -OCH3 is 2. The normalized spacial score (nSPS) is 11.7. The Morgan fingerprint density at radius 2 is 2.16 bits per heavy atom. The number of carboxylic acid groups (broad SMARTS) is 1. The number of carbonyl (C=O) groups is 1. The van der Waals surface area contributed by atoms with Crippen molar-refractivity contribution in [1.82, 2.24) is 0 Å². The summed E-state index contributed by atoms with van der Waals surface area (Å²) in [5, 5.41) is 10.7. The fraction of sp³-hybridized carbons (Fsp3) is 0.357. The van der Waals surface area contributed by atoms with Crippen molar-refractivity contribution in [3.63, 3.8) is 0 Å². The van der Waals surface area contributed by atoms with Crippen LogP contribution in [0.1, 0.15) is 5.56 Å². The molecule has 19 heavy (non-hydrogen) atoms. The summed E-state index contributed by atoms with van der Waals surface area (Å²) in [6.07, 6.45) is 1.69. The molecule has 0 amide bonds. The summed E-state index contributed by atoms with van der Waals surface area (Å²) in [5.41, 5.74) is 0.889. The van der Waals surface area contributed by atoms with Crippen molar-refractivity contribution in [1.29, 1.82) is 0 Å². The van der Waals surface area contributed by atoms with Crippen molar-refractivity contribution in [2.75, 3.05) is 27.3 Å². The number of hydrogen-bond donors (Lipinski definition) is 1. The highest BCUT2D eigenvalue weighted by atomic mass is 16.5. The molecule has 5 nitrogen and oxygen atoms in total. The van der Waals surface area contributed by atoms with Gasteiger partial charge in [-0.2, -0.15) is 0 Å². The van der Waals surface area contributed by atoms with Crippen LogP contribution in [-0.2, 0) is 11.3 Å². The summed E-state index contributed by atoms with van der Waals surface area (Å²) in [4.78, 5) is 11.6. The molecule has 1 N–H and O–H groups in total. The molecule has 0 saturated heterocycles. The van der Waals surface area contributed by atoms with Crippen LogP contribution in [0.25, 0.3) is 0 Å². The van der Waals surface area contributed by atoms with E-state index in [-0.39, 0.29) is 6.54 Å². The van der Waals surface area contributed by atoms with Gasteiger partial charge in [-0.05, 0) is 24.3 Å². The van der Waals surface area contributed by atoms with Gasteiger partial charge in [0.25, 0.3) is 0 Å². The second-order valence-electron chi connectivity index (χ2n) is 4.15. The van der Waals surface area contributed by atoms with Gasteiger partial charge in [-0.15, -0.1) is 0 Å². The molecule has 1 aromatic carbocycles. The number of quaternary nitrogens is 1. The van der Waals surface area contributed by atoms with Crippen LogP contribution in [0.5, 0.6) is 11.5 Å². The first-order valence-electron chi connectivity index (χ1n) is 5.96. The SMILES string of the molecule is C=CC[NH+](CC(=O)[O-])Cc1cc(OC)ccc1OC.